The van der Waals surface area contributed by atoms with E-state index in [0.29, 0.717) is 27.2 Å². The largest absolute Gasteiger partial charge is 0.496 e. The van der Waals surface area contributed by atoms with Gasteiger partial charge in [0.2, 0.25) is 10.1 Å². The summed E-state index contributed by atoms with van der Waals surface area (Å²) in [7, 11) is 1.53. The molecular weight excluding hydrogens is 338 g/mol. The first-order valence-electron chi connectivity index (χ1n) is 7.48. The molecule has 1 amide bonds. The van der Waals surface area contributed by atoms with Crippen LogP contribution in [0.4, 0.5) is 5.13 Å². The van der Waals surface area contributed by atoms with E-state index in [9.17, 15) is 4.79 Å². The summed E-state index contributed by atoms with van der Waals surface area (Å²) in [5.41, 5.74) is 1.35. The molecule has 124 valence electrons. The maximum atomic E-state index is 12.5. The average molecular weight is 351 g/mol. The van der Waals surface area contributed by atoms with Crippen LogP contribution in [0.25, 0.3) is 16.3 Å². The summed E-state index contributed by atoms with van der Waals surface area (Å²) in [4.78, 5) is 13.1. The van der Waals surface area contributed by atoms with Gasteiger partial charge in [0.15, 0.2) is 5.82 Å². The molecule has 0 saturated heterocycles. The first-order valence-corrected chi connectivity index (χ1v) is 8.30. The second-order valence-corrected chi connectivity index (χ2v) is 6.10. The van der Waals surface area contributed by atoms with Crippen LogP contribution in [0.15, 0.2) is 54.6 Å². The van der Waals surface area contributed by atoms with E-state index in [1.165, 1.54) is 18.4 Å². The Balaban J connectivity index is 1.65. The van der Waals surface area contributed by atoms with Crippen LogP contribution in [-0.4, -0.2) is 32.8 Å². The molecule has 0 unspecified atom stereocenters. The fourth-order valence-electron chi connectivity index (χ4n) is 2.43. The Morgan fingerprint density at radius 3 is 2.64 bits per heavy atom. The zero-order chi connectivity index (χ0) is 17.2. The summed E-state index contributed by atoms with van der Waals surface area (Å²) in [6.45, 7) is 0. The van der Waals surface area contributed by atoms with Crippen molar-refractivity contribution in [1.29, 1.82) is 0 Å². The van der Waals surface area contributed by atoms with Gasteiger partial charge in [0.05, 0.1) is 12.7 Å². The van der Waals surface area contributed by atoms with Crippen LogP contribution in [-0.2, 0) is 0 Å². The fourth-order valence-corrected chi connectivity index (χ4v) is 3.17. The van der Waals surface area contributed by atoms with E-state index in [1.807, 2.05) is 36.4 Å². The summed E-state index contributed by atoms with van der Waals surface area (Å²) in [5.74, 6) is 0.848. The van der Waals surface area contributed by atoms with Crippen molar-refractivity contribution in [2.75, 3.05) is 12.4 Å². The normalized spacial score (nSPS) is 10.8. The molecule has 0 atom stereocenters. The van der Waals surface area contributed by atoms with Crippen molar-refractivity contribution in [3.8, 4) is 17.1 Å². The standard InChI is InChI=1S/C17H13N5O2S/c1-24-13-10-6-5-9-12(13)15(23)18-16-21-22-14(19-20-17(22)25-16)11-7-3-2-4-8-11/h2-10H,1H3,(H,18,21,23). The minimum Gasteiger partial charge on any atom is -0.496 e. The molecule has 2 aromatic carbocycles. The van der Waals surface area contributed by atoms with Gasteiger partial charge in [-0.15, -0.1) is 15.3 Å². The molecule has 25 heavy (non-hydrogen) atoms. The Kier molecular flexibility index (Phi) is 3.87. The molecule has 0 saturated carbocycles. The molecular formula is C17H13N5O2S. The molecule has 8 heteroatoms. The molecule has 1 N–H and O–H groups in total. The number of nitrogens with one attached hydrogen (secondary N) is 1. The minimum atomic E-state index is -0.288. The Bertz CT molecular complexity index is 1040. The van der Waals surface area contributed by atoms with E-state index in [-0.39, 0.29) is 5.91 Å². The van der Waals surface area contributed by atoms with E-state index in [4.69, 9.17) is 4.74 Å². The van der Waals surface area contributed by atoms with Crippen LogP contribution in [0.1, 0.15) is 10.4 Å². The number of anilines is 1. The number of amides is 1. The number of ether oxygens (including phenoxy) is 1. The topological polar surface area (TPSA) is 81.4 Å². The fraction of sp³-hybridized carbons (Fsp3) is 0.0588. The van der Waals surface area contributed by atoms with E-state index < -0.39 is 0 Å². The molecule has 0 aliphatic carbocycles. The van der Waals surface area contributed by atoms with Gasteiger partial charge in [-0.2, -0.15) is 4.52 Å². The SMILES string of the molecule is COc1ccccc1C(=O)Nc1nn2c(-c3ccccc3)nnc2s1. The molecule has 0 spiro atoms. The third kappa shape index (κ3) is 2.83. The Hall–Kier alpha value is -3.26. The Morgan fingerprint density at radius 1 is 1.08 bits per heavy atom. The molecule has 0 bridgehead atoms. The molecule has 2 heterocycles. The summed E-state index contributed by atoms with van der Waals surface area (Å²) in [6.07, 6.45) is 0. The predicted octanol–water partition coefficient (Wildman–Crippen LogP) is 3.11. The lowest BCUT2D eigenvalue weighted by Gasteiger charge is -2.06. The quantitative estimate of drug-likeness (QED) is 0.611. The minimum absolute atomic E-state index is 0.288. The van der Waals surface area contributed by atoms with Crippen molar-refractivity contribution in [2.24, 2.45) is 0 Å². The second-order valence-electron chi connectivity index (χ2n) is 5.15. The van der Waals surface area contributed by atoms with Gasteiger partial charge in [0.1, 0.15) is 5.75 Å². The Labute approximate surface area is 146 Å². The van der Waals surface area contributed by atoms with Crippen molar-refractivity contribution in [3.63, 3.8) is 0 Å². The summed E-state index contributed by atoms with van der Waals surface area (Å²) in [5, 5.41) is 15.9. The van der Waals surface area contributed by atoms with E-state index in [2.05, 4.69) is 20.6 Å². The van der Waals surface area contributed by atoms with Crippen molar-refractivity contribution in [3.05, 3.63) is 60.2 Å². The highest BCUT2D eigenvalue weighted by molar-refractivity contribution is 7.20. The number of rotatable bonds is 4. The maximum absolute atomic E-state index is 12.5. The van der Waals surface area contributed by atoms with Crippen LogP contribution in [0.2, 0.25) is 0 Å². The third-order valence-electron chi connectivity index (χ3n) is 3.59. The second kappa shape index (κ2) is 6.33. The van der Waals surface area contributed by atoms with Crippen molar-refractivity contribution < 1.29 is 9.53 Å². The number of carbonyl (C=O) groups excluding carboxylic acids is 1. The summed E-state index contributed by atoms with van der Waals surface area (Å²) >= 11 is 1.25. The van der Waals surface area contributed by atoms with Crippen LogP contribution in [0.5, 0.6) is 5.75 Å². The van der Waals surface area contributed by atoms with Gasteiger partial charge in [-0.1, -0.05) is 53.8 Å². The van der Waals surface area contributed by atoms with Crippen LogP contribution >= 0.6 is 11.3 Å². The lowest BCUT2D eigenvalue weighted by molar-refractivity contribution is 0.102. The zero-order valence-electron chi connectivity index (χ0n) is 13.2. The predicted molar refractivity (Wildman–Crippen MR) is 95.0 cm³/mol. The lowest BCUT2D eigenvalue weighted by Crippen LogP contribution is -2.13. The molecule has 2 aromatic heterocycles. The summed E-state index contributed by atoms with van der Waals surface area (Å²) < 4.78 is 6.84. The third-order valence-corrected chi connectivity index (χ3v) is 4.41. The number of hydrogen-bond donors (Lipinski definition) is 1. The lowest BCUT2D eigenvalue weighted by atomic mass is 10.2. The first kappa shape index (κ1) is 15.3. The van der Waals surface area contributed by atoms with Gasteiger partial charge >= 0.3 is 0 Å². The maximum Gasteiger partial charge on any atom is 0.261 e. The van der Waals surface area contributed by atoms with Gasteiger partial charge in [-0.3, -0.25) is 10.1 Å². The number of fused-ring (bicyclic) bond motifs is 1. The van der Waals surface area contributed by atoms with E-state index in [1.54, 1.807) is 22.7 Å². The molecule has 4 rings (SSSR count). The van der Waals surface area contributed by atoms with E-state index in [0.717, 1.165) is 5.56 Å². The molecule has 0 aliphatic heterocycles. The number of benzene rings is 2. The van der Waals surface area contributed by atoms with Gasteiger partial charge in [-0.05, 0) is 12.1 Å². The zero-order valence-corrected chi connectivity index (χ0v) is 14.0. The average Bonchev–Trinajstić information content (AvgIpc) is 3.22. The van der Waals surface area contributed by atoms with Crippen molar-refractivity contribution in [1.82, 2.24) is 19.8 Å². The Morgan fingerprint density at radius 2 is 1.84 bits per heavy atom. The number of hydrogen-bond acceptors (Lipinski definition) is 6. The van der Waals surface area contributed by atoms with Crippen LogP contribution in [0.3, 0.4) is 0 Å². The first-order chi connectivity index (χ1) is 12.3. The highest BCUT2D eigenvalue weighted by Gasteiger charge is 2.17. The van der Waals surface area contributed by atoms with Crippen molar-refractivity contribution >= 4 is 27.3 Å². The highest BCUT2D eigenvalue weighted by atomic mass is 32.1. The molecule has 0 fully saturated rings. The smallest absolute Gasteiger partial charge is 0.261 e. The molecule has 0 aliphatic rings. The monoisotopic (exact) mass is 351 g/mol. The summed E-state index contributed by atoms with van der Waals surface area (Å²) in [6, 6.07) is 16.7. The number of para-hydroxylation sites is 1. The van der Waals surface area contributed by atoms with Gasteiger partial charge < -0.3 is 4.74 Å². The highest BCUT2D eigenvalue weighted by Crippen LogP contribution is 2.25. The van der Waals surface area contributed by atoms with Gasteiger partial charge in [0, 0.05) is 5.56 Å². The molecule has 4 aromatic rings. The van der Waals surface area contributed by atoms with E-state index >= 15 is 0 Å². The van der Waals surface area contributed by atoms with Crippen molar-refractivity contribution in [2.45, 2.75) is 0 Å². The van der Waals surface area contributed by atoms with Crippen LogP contribution in [0, 0.1) is 0 Å². The number of carbonyl (C=O) groups is 1. The van der Waals surface area contributed by atoms with Gasteiger partial charge in [0.25, 0.3) is 5.91 Å². The van der Waals surface area contributed by atoms with Gasteiger partial charge in [-0.25, -0.2) is 0 Å². The number of methoxy groups -OCH3 is 1. The number of aromatic nitrogens is 4. The number of nitrogens with zero attached hydrogens (tertiary/aromatic N) is 4. The van der Waals surface area contributed by atoms with Crippen LogP contribution < -0.4 is 10.1 Å². The molecule has 0 radical (unpaired) electrons. The molecule has 7 nitrogen and oxygen atoms in total.